The van der Waals surface area contributed by atoms with Crippen LogP contribution in [-0.4, -0.2) is 46.2 Å². The number of rotatable bonds is 3. The molecule has 0 saturated carbocycles. The summed E-state index contributed by atoms with van der Waals surface area (Å²) < 4.78 is 46.1. The van der Waals surface area contributed by atoms with E-state index < -0.39 is 11.7 Å². The number of aromatic nitrogens is 4. The summed E-state index contributed by atoms with van der Waals surface area (Å²) in [6, 6.07) is 9.57. The molecule has 4 heterocycles. The zero-order valence-corrected chi connectivity index (χ0v) is 16.4. The van der Waals surface area contributed by atoms with Crippen LogP contribution in [0.2, 0.25) is 0 Å². The Hall–Kier alpha value is -3.46. The second kappa shape index (κ2) is 7.66. The third-order valence-corrected chi connectivity index (χ3v) is 5.24. The summed E-state index contributed by atoms with van der Waals surface area (Å²) in [6.45, 7) is 1.93. The molecule has 9 heteroatoms. The number of nitrogens with one attached hydrogen (secondary N) is 1. The van der Waals surface area contributed by atoms with Crippen molar-refractivity contribution >= 4 is 16.7 Å². The molecule has 0 amide bonds. The highest BCUT2D eigenvalue weighted by Crippen LogP contribution is 2.38. The van der Waals surface area contributed by atoms with Gasteiger partial charge in [0.1, 0.15) is 11.3 Å². The van der Waals surface area contributed by atoms with Gasteiger partial charge >= 0.3 is 6.18 Å². The molecule has 0 bridgehead atoms. The van der Waals surface area contributed by atoms with Gasteiger partial charge in [-0.3, -0.25) is 9.97 Å². The first-order chi connectivity index (χ1) is 15.0. The summed E-state index contributed by atoms with van der Waals surface area (Å²) in [5, 5.41) is 0. The lowest BCUT2D eigenvalue weighted by molar-refractivity contribution is -0.137. The molecule has 0 unspecified atom stereocenters. The molecule has 158 valence electrons. The van der Waals surface area contributed by atoms with Gasteiger partial charge < -0.3 is 14.6 Å². The van der Waals surface area contributed by atoms with Gasteiger partial charge in [-0.1, -0.05) is 0 Å². The Kier molecular flexibility index (Phi) is 4.82. The molecular weight excluding hydrogens is 407 g/mol. The van der Waals surface area contributed by atoms with Crippen molar-refractivity contribution in [2.45, 2.75) is 6.18 Å². The Morgan fingerprint density at radius 3 is 2.58 bits per heavy atom. The van der Waals surface area contributed by atoms with Crippen LogP contribution < -0.4 is 4.90 Å². The average Bonchev–Trinajstić information content (AvgIpc) is 3.23. The number of hydrogen-bond acceptors (Lipinski definition) is 5. The van der Waals surface area contributed by atoms with Gasteiger partial charge in [0.2, 0.25) is 0 Å². The Labute approximate surface area is 175 Å². The lowest BCUT2D eigenvalue weighted by Gasteiger charge is -2.29. The first kappa shape index (κ1) is 19.5. The highest BCUT2D eigenvalue weighted by atomic mass is 19.4. The van der Waals surface area contributed by atoms with Crippen LogP contribution in [0.25, 0.3) is 33.7 Å². The van der Waals surface area contributed by atoms with Crippen molar-refractivity contribution in [2.75, 3.05) is 31.2 Å². The number of pyridine rings is 2. The largest absolute Gasteiger partial charge is 0.416 e. The van der Waals surface area contributed by atoms with Crippen LogP contribution in [0.1, 0.15) is 5.56 Å². The average molecular weight is 425 g/mol. The molecule has 5 rings (SSSR count). The molecule has 0 atom stereocenters. The number of halogens is 3. The van der Waals surface area contributed by atoms with Crippen molar-refractivity contribution in [3.05, 3.63) is 60.6 Å². The van der Waals surface area contributed by atoms with E-state index in [1.54, 1.807) is 30.7 Å². The number of alkyl halides is 3. The third-order valence-electron chi connectivity index (χ3n) is 5.24. The first-order valence-corrected chi connectivity index (χ1v) is 9.80. The number of anilines is 1. The Morgan fingerprint density at radius 1 is 1.03 bits per heavy atom. The molecule has 0 radical (unpaired) electrons. The number of ether oxygens (including phenoxy) is 1. The van der Waals surface area contributed by atoms with E-state index in [0.717, 1.165) is 11.6 Å². The van der Waals surface area contributed by atoms with Crippen LogP contribution in [-0.2, 0) is 10.9 Å². The van der Waals surface area contributed by atoms with E-state index in [4.69, 9.17) is 9.72 Å². The highest BCUT2D eigenvalue weighted by Gasteiger charge is 2.33. The lowest BCUT2D eigenvalue weighted by Crippen LogP contribution is -2.36. The SMILES string of the molecule is FC(F)(F)c1cc(N2CCOCC2)c2nc(-c3cccnc3-c3cccnc3)[nH]c2c1. The maximum atomic E-state index is 13.6. The number of imidazole rings is 1. The number of H-pyrrole nitrogens is 1. The van der Waals surface area contributed by atoms with Gasteiger partial charge in [0, 0.05) is 42.8 Å². The fourth-order valence-electron chi connectivity index (χ4n) is 3.77. The van der Waals surface area contributed by atoms with E-state index >= 15 is 0 Å². The predicted molar refractivity (Wildman–Crippen MR) is 111 cm³/mol. The standard InChI is InChI=1S/C22H18F3N5O/c23-22(24,25)15-11-17-20(18(12-15)30-7-9-31-10-8-30)29-21(28-17)16-4-2-6-27-19(16)14-3-1-5-26-13-14/h1-6,11-13H,7-10H2,(H,28,29). The zero-order valence-electron chi connectivity index (χ0n) is 16.4. The summed E-state index contributed by atoms with van der Waals surface area (Å²) in [5.41, 5.74) is 2.69. The fraction of sp³-hybridized carbons (Fsp3) is 0.227. The molecular formula is C22H18F3N5O. The van der Waals surface area contributed by atoms with Crippen LogP contribution in [0, 0.1) is 0 Å². The van der Waals surface area contributed by atoms with Crippen LogP contribution in [0.3, 0.4) is 0 Å². The monoisotopic (exact) mass is 425 g/mol. The molecule has 1 fully saturated rings. The normalized spacial score (nSPS) is 14.9. The van der Waals surface area contributed by atoms with Crippen LogP contribution >= 0.6 is 0 Å². The van der Waals surface area contributed by atoms with Crippen LogP contribution in [0.15, 0.2) is 55.0 Å². The van der Waals surface area contributed by atoms with Gasteiger partial charge in [-0.2, -0.15) is 13.2 Å². The van der Waals surface area contributed by atoms with Gasteiger partial charge in [-0.15, -0.1) is 0 Å². The van der Waals surface area contributed by atoms with Crippen LogP contribution in [0.4, 0.5) is 18.9 Å². The Morgan fingerprint density at radius 2 is 1.84 bits per heavy atom. The van der Waals surface area contributed by atoms with Gasteiger partial charge in [0.05, 0.1) is 35.7 Å². The number of morpholine rings is 1. The van der Waals surface area contributed by atoms with Gasteiger partial charge in [0.15, 0.2) is 0 Å². The maximum absolute atomic E-state index is 13.6. The molecule has 1 aliphatic rings. The molecule has 0 aliphatic carbocycles. The van der Waals surface area contributed by atoms with Crippen molar-refractivity contribution in [3.8, 4) is 22.6 Å². The van der Waals surface area contributed by atoms with E-state index in [1.807, 2.05) is 17.0 Å². The second-order valence-electron chi connectivity index (χ2n) is 7.22. The first-order valence-electron chi connectivity index (χ1n) is 9.80. The van der Waals surface area contributed by atoms with E-state index in [0.29, 0.717) is 60.1 Å². The van der Waals surface area contributed by atoms with Crippen molar-refractivity contribution in [1.82, 2.24) is 19.9 Å². The van der Waals surface area contributed by atoms with E-state index in [2.05, 4.69) is 15.0 Å². The predicted octanol–water partition coefficient (Wildman–Crippen LogP) is 4.54. The van der Waals surface area contributed by atoms with Gasteiger partial charge in [-0.05, 0) is 36.4 Å². The minimum absolute atomic E-state index is 0.326. The Bertz CT molecular complexity index is 1220. The molecule has 3 aromatic heterocycles. The minimum Gasteiger partial charge on any atom is -0.378 e. The molecule has 0 spiro atoms. The van der Waals surface area contributed by atoms with Crippen molar-refractivity contribution in [2.24, 2.45) is 0 Å². The molecule has 6 nitrogen and oxygen atoms in total. The summed E-state index contributed by atoms with van der Waals surface area (Å²) in [5.74, 6) is 0.454. The molecule has 1 aliphatic heterocycles. The third kappa shape index (κ3) is 3.72. The quantitative estimate of drug-likeness (QED) is 0.522. The highest BCUT2D eigenvalue weighted by molar-refractivity contribution is 5.93. The summed E-state index contributed by atoms with van der Waals surface area (Å²) >= 11 is 0. The van der Waals surface area contributed by atoms with Crippen molar-refractivity contribution in [3.63, 3.8) is 0 Å². The van der Waals surface area contributed by atoms with Crippen molar-refractivity contribution in [1.29, 1.82) is 0 Å². The van der Waals surface area contributed by atoms with Gasteiger partial charge in [0.25, 0.3) is 0 Å². The number of nitrogens with zero attached hydrogens (tertiary/aromatic N) is 4. The topological polar surface area (TPSA) is 66.9 Å². The number of fused-ring (bicyclic) bond motifs is 1. The maximum Gasteiger partial charge on any atom is 0.416 e. The smallest absolute Gasteiger partial charge is 0.378 e. The number of hydrogen-bond donors (Lipinski definition) is 1. The van der Waals surface area contributed by atoms with E-state index in [9.17, 15) is 13.2 Å². The molecule has 1 aromatic carbocycles. The molecule has 1 saturated heterocycles. The van der Waals surface area contributed by atoms with Crippen LogP contribution in [0.5, 0.6) is 0 Å². The number of aromatic amines is 1. The van der Waals surface area contributed by atoms with E-state index in [-0.39, 0.29) is 0 Å². The second-order valence-corrected chi connectivity index (χ2v) is 7.22. The Balaban J connectivity index is 1.69. The van der Waals surface area contributed by atoms with Gasteiger partial charge in [-0.25, -0.2) is 4.98 Å². The molecule has 4 aromatic rings. The van der Waals surface area contributed by atoms with Crippen molar-refractivity contribution < 1.29 is 17.9 Å². The zero-order chi connectivity index (χ0) is 21.4. The summed E-state index contributed by atoms with van der Waals surface area (Å²) in [4.78, 5) is 18.3. The minimum atomic E-state index is -4.46. The summed E-state index contributed by atoms with van der Waals surface area (Å²) in [7, 11) is 0. The molecule has 1 N–H and O–H groups in total. The fourth-order valence-corrected chi connectivity index (χ4v) is 3.77. The summed E-state index contributed by atoms with van der Waals surface area (Å²) in [6.07, 6.45) is 0.557. The van der Waals surface area contributed by atoms with E-state index in [1.165, 1.54) is 6.07 Å². The number of benzene rings is 1. The molecule has 31 heavy (non-hydrogen) atoms. The lowest BCUT2D eigenvalue weighted by atomic mass is 10.1.